The lowest BCUT2D eigenvalue weighted by atomic mass is 9.67. The number of hydrogen-bond donors (Lipinski definition) is 6. The normalized spacial score (nSPS) is 30.5. The maximum absolute atomic E-state index is 10.4. The van der Waals surface area contributed by atoms with Crippen molar-refractivity contribution in [3.8, 4) is 23.0 Å². The molecule has 35 heavy (non-hydrogen) atoms. The Labute approximate surface area is 202 Å². The van der Waals surface area contributed by atoms with E-state index in [9.17, 15) is 30.6 Å². The van der Waals surface area contributed by atoms with Crippen molar-refractivity contribution in [2.24, 2.45) is 11.8 Å². The molecular weight excluding hydrogens is 460 g/mol. The first kappa shape index (κ1) is 25.5. The second-order valence-electron chi connectivity index (χ2n) is 9.03. The van der Waals surface area contributed by atoms with Gasteiger partial charge in [0.2, 0.25) is 0 Å². The Bertz CT molecular complexity index is 1030. The van der Waals surface area contributed by atoms with Crippen LogP contribution in [0.3, 0.4) is 0 Å². The summed E-state index contributed by atoms with van der Waals surface area (Å²) in [6.45, 7) is -0.303. The van der Waals surface area contributed by atoms with E-state index in [1.165, 1.54) is 20.3 Å². The van der Waals surface area contributed by atoms with Crippen molar-refractivity contribution in [3.05, 3.63) is 47.0 Å². The van der Waals surface area contributed by atoms with Crippen molar-refractivity contribution in [1.82, 2.24) is 0 Å². The van der Waals surface area contributed by atoms with Crippen LogP contribution in [0, 0.1) is 11.8 Å². The molecule has 0 amide bonds. The fourth-order valence-electron chi connectivity index (χ4n) is 5.07. The molecule has 0 spiro atoms. The lowest BCUT2D eigenvalue weighted by Gasteiger charge is -2.41. The van der Waals surface area contributed by atoms with Gasteiger partial charge in [0.25, 0.3) is 0 Å². The maximum Gasteiger partial charge on any atom is 0.186 e. The maximum atomic E-state index is 10.4. The van der Waals surface area contributed by atoms with Gasteiger partial charge >= 0.3 is 0 Å². The Morgan fingerprint density at radius 3 is 2.34 bits per heavy atom. The Morgan fingerprint density at radius 1 is 0.943 bits per heavy atom. The summed E-state index contributed by atoms with van der Waals surface area (Å²) in [5, 5.41) is 60.8. The van der Waals surface area contributed by atoms with Crippen LogP contribution in [0.2, 0.25) is 0 Å². The minimum atomic E-state index is -1.44. The third-order valence-electron chi connectivity index (χ3n) is 7.00. The summed E-state index contributed by atoms with van der Waals surface area (Å²) < 4.78 is 21.9. The average Bonchev–Trinajstić information content (AvgIpc) is 2.86. The Hall–Kier alpha value is -2.60. The molecule has 1 heterocycles. The number of aromatic hydroxyl groups is 2. The van der Waals surface area contributed by atoms with Crippen LogP contribution in [0.15, 0.2) is 30.3 Å². The van der Waals surface area contributed by atoms with Gasteiger partial charge in [0.05, 0.1) is 27.4 Å². The van der Waals surface area contributed by atoms with E-state index in [1.54, 1.807) is 24.3 Å². The highest BCUT2D eigenvalue weighted by atomic mass is 16.7. The number of aliphatic hydroxyl groups excluding tert-OH is 4. The van der Waals surface area contributed by atoms with E-state index in [0.717, 1.165) is 16.7 Å². The zero-order chi connectivity index (χ0) is 25.3. The molecule has 1 fully saturated rings. The molecule has 7 atom stereocenters. The van der Waals surface area contributed by atoms with Gasteiger partial charge in [0.1, 0.15) is 18.3 Å². The molecule has 10 nitrogen and oxygen atoms in total. The van der Waals surface area contributed by atoms with E-state index < -0.39 is 24.6 Å². The molecule has 6 N–H and O–H groups in total. The second-order valence-corrected chi connectivity index (χ2v) is 9.03. The first-order valence-corrected chi connectivity index (χ1v) is 11.4. The summed E-state index contributed by atoms with van der Waals surface area (Å²) >= 11 is 0. The van der Waals surface area contributed by atoms with Gasteiger partial charge in [-0.3, -0.25) is 0 Å². The van der Waals surface area contributed by atoms with Gasteiger partial charge in [0, 0.05) is 12.5 Å². The Morgan fingerprint density at radius 2 is 1.66 bits per heavy atom. The largest absolute Gasteiger partial charge is 0.504 e. The van der Waals surface area contributed by atoms with E-state index in [2.05, 4.69) is 0 Å². The van der Waals surface area contributed by atoms with Gasteiger partial charge in [0.15, 0.2) is 29.3 Å². The highest BCUT2D eigenvalue weighted by molar-refractivity contribution is 5.53. The van der Waals surface area contributed by atoms with Crippen molar-refractivity contribution in [2.75, 3.05) is 34.0 Å². The molecule has 1 saturated heterocycles. The minimum Gasteiger partial charge on any atom is -0.504 e. The smallest absolute Gasteiger partial charge is 0.186 e. The summed E-state index contributed by atoms with van der Waals surface area (Å²) in [5.74, 6) is -0.420. The molecule has 2 aliphatic rings. The highest BCUT2D eigenvalue weighted by Gasteiger charge is 2.42. The van der Waals surface area contributed by atoms with Gasteiger partial charge in [-0.2, -0.15) is 0 Å². The SMILES string of the molecule is COc1cc(C2c3cc(OC)c(O)cc3C[C@H](CO)[C@H]2CO[C@@H]2OC[C@@H](O)[C@H](O)[C@H]2O)ccc1O. The molecule has 2 aromatic rings. The number of phenolic OH excluding ortho intramolecular Hbond substituents is 2. The Balaban J connectivity index is 1.74. The quantitative estimate of drug-likeness (QED) is 0.321. The summed E-state index contributed by atoms with van der Waals surface area (Å²) in [4.78, 5) is 0. The lowest BCUT2D eigenvalue weighted by Crippen LogP contribution is -2.54. The zero-order valence-corrected chi connectivity index (χ0v) is 19.6. The zero-order valence-electron chi connectivity index (χ0n) is 19.6. The van der Waals surface area contributed by atoms with Gasteiger partial charge in [-0.1, -0.05) is 6.07 Å². The van der Waals surface area contributed by atoms with E-state index in [4.69, 9.17) is 18.9 Å². The number of methoxy groups -OCH3 is 2. The standard InChI is InChI=1S/C25H32O10/c1-32-20-7-12(3-4-17(20)27)22-15-8-21(33-2)18(28)6-13(15)5-14(9-26)16(22)10-34-25-24(31)23(30)19(29)11-35-25/h3-4,6-8,14,16,19,22-31H,5,9-11H2,1-2H3/t14-,16-,19-,22?,23+,24-,25-/m1/s1. The van der Waals surface area contributed by atoms with Crippen LogP contribution in [0.1, 0.15) is 22.6 Å². The Kier molecular flexibility index (Phi) is 7.70. The molecule has 0 saturated carbocycles. The van der Waals surface area contributed by atoms with Crippen molar-refractivity contribution >= 4 is 0 Å². The number of rotatable bonds is 7. The van der Waals surface area contributed by atoms with Crippen LogP contribution in [0.4, 0.5) is 0 Å². The first-order valence-electron chi connectivity index (χ1n) is 11.4. The number of fused-ring (bicyclic) bond motifs is 1. The van der Waals surface area contributed by atoms with Crippen molar-refractivity contribution in [3.63, 3.8) is 0 Å². The van der Waals surface area contributed by atoms with Crippen LogP contribution in [0.25, 0.3) is 0 Å². The summed E-state index contributed by atoms with van der Waals surface area (Å²) in [6.07, 6.45) is -4.75. The average molecular weight is 493 g/mol. The monoisotopic (exact) mass is 492 g/mol. The topological polar surface area (TPSA) is 158 Å². The van der Waals surface area contributed by atoms with E-state index in [1.807, 2.05) is 0 Å². The second kappa shape index (κ2) is 10.6. The van der Waals surface area contributed by atoms with Gasteiger partial charge in [-0.05, 0) is 59.2 Å². The number of hydrogen-bond acceptors (Lipinski definition) is 10. The van der Waals surface area contributed by atoms with Crippen LogP contribution < -0.4 is 9.47 Å². The molecule has 1 aliphatic heterocycles. The summed E-state index contributed by atoms with van der Waals surface area (Å²) in [6, 6.07) is 8.37. The molecule has 2 aromatic carbocycles. The number of phenols is 2. The van der Waals surface area contributed by atoms with Crippen molar-refractivity contribution in [2.45, 2.75) is 36.9 Å². The molecule has 10 heteroatoms. The molecule has 1 aliphatic carbocycles. The van der Waals surface area contributed by atoms with Gasteiger partial charge < -0.3 is 49.6 Å². The lowest BCUT2D eigenvalue weighted by molar-refractivity contribution is -0.274. The molecule has 4 rings (SSSR count). The molecule has 0 radical (unpaired) electrons. The summed E-state index contributed by atoms with van der Waals surface area (Å²) in [7, 11) is 2.91. The molecule has 1 unspecified atom stereocenters. The van der Waals surface area contributed by atoms with Crippen LogP contribution in [-0.2, 0) is 15.9 Å². The van der Waals surface area contributed by atoms with Crippen LogP contribution in [-0.4, -0.2) is 89.3 Å². The van der Waals surface area contributed by atoms with E-state index in [-0.39, 0.29) is 54.8 Å². The number of benzene rings is 2. The van der Waals surface area contributed by atoms with Gasteiger partial charge in [-0.25, -0.2) is 0 Å². The van der Waals surface area contributed by atoms with Crippen LogP contribution in [0.5, 0.6) is 23.0 Å². The predicted molar refractivity (Wildman–Crippen MR) is 123 cm³/mol. The first-order chi connectivity index (χ1) is 16.8. The van der Waals surface area contributed by atoms with Crippen LogP contribution >= 0.6 is 0 Å². The van der Waals surface area contributed by atoms with E-state index in [0.29, 0.717) is 12.2 Å². The fraction of sp³-hybridized carbons (Fsp3) is 0.520. The predicted octanol–water partition coefficient (Wildman–Crippen LogP) is 0.483. The molecule has 0 bridgehead atoms. The minimum absolute atomic E-state index is 0.00838. The third kappa shape index (κ3) is 4.90. The van der Waals surface area contributed by atoms with E-state index >= 15 is 0 Å². The van der Waals surface area contributed by atoms with Gasteiger partial charge in [-0.15, -0.1) is 0 Å². The number of ether oxygens (including phenoxy) is 4. The number of aliphatic hydroxyl groups is 4. The highest BCUT2D eigenvalue weighted by Crippen LogP contribution is 2.48. The fourth-order valence-corrected chi connectivity index (χ4v) is 5.07. The third-order valence-corrected chi connectivity index (χ3v) is 7.00. The molecule has 192 valence electrons. The van der Waals surface area contributed by atoms with Crippen molar-refractivity contribution < 1.29 is 49.6 Å². The molecule has 0 aromatic heterocycles. The van der Waals surface area contributed by atoms with Crippen molar-refractivity contribution in [1.29, 1.82) is 0 Å². The molecular formula is C25H32O10. The summed E-state index contributed by atoms with van der Waals surface area (Å²) in [5.41, 5.74) is 2.47.